The van der Waals surface area contributed by atoms with E-state index in [0.717, 1.165) is 24.9 Å². The van der Waals surface area contributed by atoms with Gasteiger partial charge in [0.05, 0.1) is 0 Å². The van der Waals surface area contributed by atoms with Gasteiger partial charge in [0.15, 0.2) is 0 Å². The fourth-order valence-electron chi connectivity index (χ4n) is 2.16. The molecule has 0 unspecified atom stereocenters. The maximum absolute atomic E-state index is 4.62. The molecule has 104 valence electrons. The summed E-state index contributed by atoms with van der Waals surface area (Å²) in [6, 6.07) is 13.0. The van der Waals surface area contributed by atoms with Gasteiger partial charge in [0.1, 0.15) is 5.82 Å². The van der Waals surface area contributed by atoms with Gasteiger partial charge in [-0.1, -0.05) is 30.3 Å². The molecule has 1 heterocycles. The average molecular weight is 268 g/mol. The van der Waals surface area contributed by atoms with E-state index in [0.29, 0.717) is 6.04 Å². The molecule has 1 aromatic carbocycles. The standard InChI is InChI=1S/C16H20N4/c1-2-20(12-13-6-4-3-5-7-13)15-10-11-17-16(19-15)18-14-8-9-14/h3-7,10-11,14H,2,8-9,12H2,1H3,(H,17,18,19). The first-order valence-electron chi connectivity index (χ1n) is 7.23. The molecule has 1 aromatic heterocycles. The van der Waals surface area contributed by atoms with Crippen LogP contribution in [0.25, 0.3) is 0 Å². The van der Waals surface area contributed by atoms with Gasteiger partial charge in [-0.15, -0.1) is 0 Å². The number of aromatic nitrogens is 2. The Morgan fingerprint density at radius 3 is 2.70 bits per heavy atom. The summed E-state index contributed by atoms with van der Waals surface area (Å²) in [4.78, 5) is 11.2. The minimum atomic E-state index is 0.578. The molecule has 1 N–H and O–H groups in total. The predicted molar refractivity (Wildman–Crippen MR) is 81.8 cm³/mol. The highest BCUT2D eigenvalue weighted by Gasteiger charge is 2.22. The van der Waals surface area contributed by atoms with E-state index in [1.54, 1.807) is 0 Å². The molecule has 0 amide bonds. The van der Waals surface area contributed by atoms with Crippen molar-refractivity contribution in [1.29, 1.82) is 0 Å². The number of rotatable bonds is 6. The summed E-state index contributed by atoms with van der Waals surface area (Å²) in [5, 5.41) is 3.35. The largest absolute Gasteiger partial charge is 0.352 e. The molecule has 2 aromatic rings. The molecule has 0 atom stereocenters. The topological polar surface area (TPSA) is 41.1 Å². The summed E-state index contributed by atoms with van der Waals surface area (Å²) in [6.07, 6.45) is 4.30. The monoisotopic (exact) mass is 268 g/mol. The molecule has 4 heteroatoms. The van der Waals surface area contributed by atoms with E-state index in [-0.39, 0.29) is 0 Å². The lowest BCUT2D eigenvalue weighted by Gasteiger charge is -2.22. The Bertz CT molecular complexity index is 551. The molecule has 0 spiro atoms. The van der Waals surface area contributed by atoms with Crippen molar-refractivity contribution < 1.29 is 0 Å². The first kappa shape index (κ1) is 12.9. The van der Waals surface area contributed by atoms with Crippen molar-refractivity contribution in [2.24, 2.45) is 0 Å². The maximum atomic E-state index is 4.62. The highest BCUT2D eigenvalue weighted by Crippen LogP contribution is 2.24. The number of nitrogens with one attached hydrogen (secondary N) is 1. The SMILES string of the molecule is CCN(Cc1ccccc1)c1ccnc(NC2CC2)n1. The normalized spacial score (nSPS) is 14.1. The van der Waals surface area contributed by atoms with Gasteiger partial charge in [0.2, 0.25) is 5.95 Å². The van der Waals surface area contributed by atoms with Gasteiger partial charge < -0.3 is 10.2 Å². The Morgan fingerprint density at radius 1 is 1.20 bits per heavy atom. The zero-order valence-electron chi connectivity index (χ0n) is 11.8. The lowest BCUT2D eigenvalue weighted by atomic mass is 10.2. The second-order valence-electron chi connectivity index (χ2n) is 5.16. The lowest BCUT2D eigenvalue weighted by Crippen LogP contribution is -2.23. The molecule has 1 fully saturated rings. The molecule has 0 bridgehead atoms. The van der Waals surface area contributed by atoms with E-state index in [1.165, 1.54) is 18.4 Å². The summed E-state index contributed by atoms with van der Waals surface area (Å²) in [6.45, 7) is 3.95. The van der Waals surface area contributed by atoms with Crippen LogP contribution < -0.4 is 10.2 Å². The van der Waals surface area contributed by atoms with E-state index >= 15 is 0 Å². The number of anilines is 2. The Hall–Kier alpha value is -2.10. The van der Waals surface area contributed by atoms with Crippen LogP contribution in [0.1, 0.15) is 25.3 Å². The van der Waals surface area contributed by atoms with Crippen LogP contribution in [0, 0.1) is 0 Å². The lowest BCUT2D eigenvalue weighted by molar-refractivity contribution is 0.810. The first-order valence-corrected chi connectivity index (χ1v) is 7.23. The van der Waals surface area contributed by atoms with Crippen LogP contribution in [0.3, 0.4) is 0 Å². The van der Waals surface area contributed by atoms with Crippen molar-refractivity contribution in [2.45, 2.75) is 32.4 Å². The van der Waals surface area contributed by atoms with Crippen molar-refractivity contribution >= 4 is 11.8 Å². The summed E-state index contributed by atoms with van der Waals surface area (Å²) in [5.41, 5.74) is 1.30. The van der Waals surface area contributed by atoms with Crippen molar-refractivity contribution in [3.05, 3.63) is 48.2 Å². The Kier molecular flexibility index (Phi) is 3.81. The molecule has 1 aliphatic carbocycles. The Morgan fingerprint density at radius 2 is 2.00 bits per heavy atom. The van der Waals surface area contributed by atoms with Crippen molar-refractivity contribution in [3.63, 3.8) is 0 Å². The predicted octanol–water partition coefficient (Wildman–Crippen LogP) is 3.08. The van der Waals surface area contributed by atoms with Crippen LogP contribution in [-0.2, 0) is 6.54 Å². The van der Waals surface area contributed by atoms with Gasteiger partial charge in [0, 0.05) is 25.3 Å². The number of benzene rings is 1. The van der Waals surface area contributed by atoms with Crippen LogP contribution in [0.4, 0.5) is 11.8 Å². The Balaban J connectivity index is 1.74. The highest BCUT2D eigenvalue weighted by molar-refractivity contribution is 5.43. The van der Waals surface area contributed by atoms with Gasteiger partial charge in [-0.25, -0.2) is 4.98 Å². The first-order chi connectivity index (χ1) is 9.85. The van der Waals surface area contributed by atoms with Crippen molar-refractivity contribution in [2.75, 3.05) is 16.8 Å². The summed E-state index contributed by atoms with van der Waals surface area (Å²) >= 11 is 0. The molecular formula is C16H20N4. The van der Waals surface area contributed by atoms with E-state index < -0.39 is 0 Å². The highest BCUT2D eigenvalue weighted by atomic mass is 15.2. The fourth-order valence-corrected chi connectivity index (χ4v) is 2.16. The Labute approximate surface area is 119 Å². The van der Waals surface area contributed by atoms with Crippen molar-refractivity contribution in [1.82, 2.24) is 9.97 Å². The quantitative estimate of drug-likeness (QED) is 0.874. The summed E-state index contributed by atoms with van der Waals surface area (Å²) in [5.74, 6) is 1.73. The summed E-state index contributed by atoms with van der Waals surface area (Å²) < 4.78 is 0. The molecule has 0 saturated heterocycles. The third kappa shape index (κ3) is 3.26. The van der Waals surface area contributed by atoms with Gasteiger partial charge >= 0.3 is 0 Å². The smallest absolute Gasteiger partial charge is 0.224 e. The second kappa shape index (κ2) is 5.90. The van der Waals surface area contributed by atoms with Gasteiger partial charge in [-0.3, -0.25) is 0 Å². The molecule has 0 radical (unpaired) electrons. The molecule has 1 aliphatic rings. The second-order valence-corrected chi connectivity index (χ2v) is 5.16. The minimum Gasteiger partial charge on any atom is -0.352 e. The molecule has 0 aliphatic heterocycles. The number of hydrogen-bond acceptors (Lipinski definition) is 4. The zero-order chi connectivity index (χ0) is 13.8. The third-order valence-electron chi connectivity index (χ3n) is 3.47. The molecule has 1 saturated carbocycles. The van der Waals surface area contributed by atoms with Crippen LogP contribution >= 0.6 is 0 Å². The fraction of sp³-hybridized carbons (Fsp3) is 0.375. The molecule has 20 heavy (non-hydrogen) atoms. The van der Waals surface area contributed by atoms with Crippen LogP contribution in [0.2, 0.25) is 0 Å². The van der Waals surface area contributed by atoms with Crippen LogP contribution in [0.15, 0.2) is 42.6 Å². The van der Waals surface area contributed by atoms with Gasteiger partial charge in [0.25, 0.3) is 0 Å². The molecular weight excluding hydrogens is 248 g/mol. The van der Waals surface area contributed by atoms with E-state index in [2.05, 4.69) is 51.4 Å². The van der Waals surface area contributed by atoms with Crippen LogP contribution in [0.5, 0.6) is 0 Å². The zero-order valence-corrected chi connectivity index (χ0v) is 11.8. The van der Waals surface area contributed by atoms with Gasteiger partial charge in [-0.05, 0) is 31.4 Å². The number of hydrogen-bond donors (Lipinski definition) is 1. The maximum Gasteiger partial charge on any atom is 0.224 e. The third-order valence-corrected chi connectivity index (χ3v) is 3.47. The number of nitrogens with zero attached hydrogens (tertiary/aromatic N) is 3. The van der Waals surface area contributed by atoms with E-state index in [1.807, 2.05) is 18.3 Å². The van der Waals surface area contributed by atoms with Gasteiger partial charge in [-0.2, -0.15) is 4.98 Å². The van der Waals surface area contributed by atoms with E-state index in [9.17, 15) is 0 Å². The van der Waals surface area contributed by atoms with Crippen LogP contribution in [-0.4, -0.2) is 22.6 Å². The molecule has 4 nitrogen and oxygen atoms in total. The average Bonchev–Trinajstić information content (AvgIpc) is 3.30. The molecule has 3 rings (SSSR count). The minimum absolute atomic E-state index is 0.578. The summed E-state index contributed by atoms with van der Waals surface area (Å²) in [7, 11) is 0. The van der Waals surface area contributed by atoms with Crippen molar-refractivity contribution in [3.8, 4) is 0 Å². The van der Waals surface area contributed by atoms with E-state index in [4.69, 9.17) is 0 Å².